The molecule has 0 atom stereocenters. The summed E-state index contributed by atoms with van der Waals surface area (Å²) in [5.41, 5.74) is 3.16. The minimum Gasteiger partial charge on any atom is -0.378 e. The Balaban J connectivity index is 1.69. The second kappa shape index (κ2) is 9.78. The van der Waals surface area contributed by atoms with E-state index in [9.17, 15) is 14.4 Å². The average Bonchev–Trinajstić information content (AvgIpc) is 3.21. The van der Waals surface area contributed by atoms with E-state index < -0.39 is 43.1 Å². The van der Waals surface area contributed by atoms with Crippen LogP contribution in [0.1, 0.15) is 34.3 Å². The van der Waals surface area contributed by atoms with Crippen molar-refractivity contribution in [1.82, 2.24) is 5.06 Å². The number of carbonyl (C=O) groups excluding carboxylic acids is 3. The number of hydroxylamine groups is 2. The Hall–Kier alpha value is -4.18. The number of allylic oxidation sites excluding steroid dienone is 5. The molecule has 2 heterocycles. The highest BCUT2D eigenvalue weighted by Gasteiger charge is 2.42. The second-order valence-electron chi connectivity index (χ2n) is 11.0. The molecule has 206 valence electrons. The van der Waals surface area contributed by atoms with E-state index in [0.717, 1.165) is 45.1 Å². The predicted molar refractivity (Wildman–Crippen MR) is 151 cm³/mol. The summed E-state index contributed by atoms with van der Waals surface area (Å²) in [6.45, 7) is 4.46. The molecule has 0 aromatic heterocycles. The molecule has 2 amide bonds. The summed E-state index contributed by atoms with van der Waals surface area (Å²) in [4.78, 5) is 43.2. The lowest BCUT2D eigenvalue weighted by Crippen LogP contribution is -2.49. The Morgan fingerprint density at radius 1 is 1.00 bits per heavy atom. The van der Waals surface area contributed by atoms with E-state index in [-0.39, 0.29) is 18.4 Å². The first-order valence-corrected chi connectivity index (χ1v) is 15.9. The Kier molecular flexibility index (Phi) is 6.69. The van der Waals surface area contributed by atoms with E-state index in [2.05, 4.69) is 25.2 Å². The van der Waals surface area contributed by atoms with Gasteiger partial charge in [-0.25, -0.2) is 18.2 Å². The van der Waals surface area contributed by atoms with Crippen LogP contribution in [0.5, 0.6) is 0 Å². The fourth-order valence-electron chi connectivity index (χ4n) is 5.37. The minimum atomic E-state index is -2.32. The normalized spacial score (nSPS) is 17.6. The fourth-order valence-corrected chi connectivity index (χ4v) is 8.44. The summed E-state index contributed by atoms with van der Waals surface area (Å²) < 4.78 is 33.8. The molecule has 0 spiro atoms. The lowest BCUT2D eigenvalue weighted by atomic mass is 9.88. The Bertz CT molecular complexity index is 1590. The van der Waals surface area contributed by atoms with Crippen LogP contribution in [-0.4, -0.2) is 69.4 Å². The largest absolute Gasteiger partial charge is 0.378 e. The third kappa shape index (κ3) is 4.42. The van der Waals surface area contributed by atoms with E-state index in [1.807, 2.05) is 62.0 Å². The SMILES string of the molecule is CN(C)c1ccc2c(c1)[Si](C)(C)C1=CC(=[N+](C)C)C=CC1=C2c1c(F)cc(C(=O)ON2C(=O)CCC2=O)cc1F. The molecule has 0 saturated carbocycles. The lowest BCUT2D eigenvalue weighted by molar-refractivity contribution is -0.462. The number of benzene rings is 2. The van der Waals surface area contributed by atoms with Crippen LogP contribution in [0.3, 0.4) is 0 Å². The summed E-state index contributed by atoms with van der Waals surface area (Å²) in [6.07, 6.45) is 5.75. The number of hydrogen-bond acceptors (Lipinski definition) is 5. The number of carbonyl (C=O) groups is 3. The molecule has 1 saturated heterocycles. The Morgan fingerprint density at radius 2 is 1.62 bits per heavy atom. The van der Waals surface area contributed by atoms with Crippen LogP contribution in [0, 0.1) is 11.6 Å². The quantitative estimate of drug-likeness (QED) is 0.323. The number of hydrogen-bond donors (Lipinski definition) is 0. The molecule has 10 heteroatoms. The molecule has 2 aromatic carbocycles. The van der Waals surface area contributed by atoms with Crippen molar-refractivity contribution >= 4 is 48.0 Å². The van der Waals surface area contributed by atoms with Gasteiger partial charge in [0.15, 0.2) is 5.71 Å². The van der Waals surface area contributed by atoms with E-state index >= 15 is 8.78 Å². The van der Waals surface area contributed by atoms with Gasteiger partial charge < -0.3 is 9.74 Å². The number of imide groups is 1. The number of rotatable bonds is 4. The summed E-state index contributed by atoms with van der Waals surface area (Å²) >= 11 is 0. The lowest BCUT2D eigenvalue weighted by Gasteiger charge is -2.38. The van der Waals surface area contributed by atoms with Gasteiger partial charge in [-0.15, -0.1) is 5.06 Å². The molecule has 2 aliphatic heterocycles. The minimum absolute atomic E-state index is 0.0877. The number of nitrogens with zero attached hydrogens (tertiary/aromatic N) is 3. The molecule has 1 aliphatic carbocycles. The predicted octanol–water partition coefficient (Wildman–Crippen LogP) is 3.73. The van der Waals surface area contributed by atoms with Crippen molar-refractivity contribution in [1.29, 1.82) is 0 Å². The van der Waals surface area contributed by atoms with Crippen molar-refractivity contribution in [3.8, 4) is 0 Å². The third-order valence-corrected chi connectivity index (χ3v) is 11.2. The van der Waals surface area contributed by atoms with Crippen LogP contribution in [-0.2, 0) is 14.4 Å². The van der Waals surface area contributed by atoms with E-state index in [1.165, 1.54) is 0 Å². The van der Waals surface area contributed by atoms with Gasteiger partial charge in [0, 0.05) is 50.3 Å². The van der Waals surface area contributed by atoms with Crippen LogP contribution in [0.25, 0.3) is 5.57 Å². The monoisotopic (exact) mass is 562 g/mol. The van der Waals surface area contributed by atoms with Crippen LogP contribution >= 0.6 is 0 Å². The van der Waals surface area contributed by atoms with Crippen LogP contribution in [0.4, 0.5) is 14.5 Å². The van der Waals surface area contributed by atoms with Gasteiger partial charge in [0.25, 0.3) is 11.8 Å². The highest BCUT2D eigenvalue weighted by Crippen LogP contribution is 2.43. The highest BCUT2D eigenvalue weighted by molar-refractivity contribution is 6.98. The first kappa shape index (κ1) is 27.4. The summed E-state index contributed by atoms with van der Waals surface area (Å²) in [6, 6.07) is 7.70. The maximum absolute atomic E-state index is 15.9. The Morgan fingerprint density at radius 3 is 2.20 bits per heavy atom. The Labute approximate surface area is 232 Å². The van der Waals surface area contributed by atoms with Gasteiger partial charge in [-0.3, -0.25) is 9.59 Å². The third-order valence-electron chi connectivity index (χ3n) is 7.63. The number of anilines is 1. The second-order valence-corrected chi connectivity index (χ2v) is 15.4. The first-order valence-electron chi connectivity index (χ1n) is 12.9. The van der Waals surface area contributed by atoms with Gasteiger partial charge in [0.2, 0.25) is 0 Å². The van der Waals surface area contributed by atoms with Crippen molar-refractivity contribution < 1.29 is 32.6 Å². The zero-order valence-corrected chi connectivity index (χ0v) is 24.3. The molecule has 7 nitrogen and oxygen atoms in total. The number of halogens is 2. The fraction of sp³-hybridized carbons (Fsp3) is 0.267. The number of fused-ring (bicyclic) bond motifs is 2. The molecule has 0 bridgehead atoms. The molecule has 2 aromatic rings. The van der Waals surface area contributed by atoms with Crippen molar-refractivity contribution in [3.63, 3.8) is 0 Å². The first-order chi connectivity index (χ1) is 18.8. The standard InChI is InChI=1S/C30H30F2N3O4Si/c1-33(2)18-7-9-20-24(15-18)40(5,6)25-16-19(34(3)4)8-10-21(25)28(20)29-22(31)13-17(14-23(29)32)30(38)39-35-26(36)11-12-27(35)37/h7-10,13-16H,11-12H2,1-6H3/q+1. The molecular weight excluding hydrogens is 532 g/mol. The molecular formula is C30H30F2N3O4Si+. The highest BCUT2D eigenvalue weighted by atomic mass is 28.3. The number of amides is 2. The molecule has 3 aliphatic rings. The van der Waals surface area contributed by atoms with Gasteiger partial charge in [-0.2, -0.15) is 0 Å². The van der Waals surface area contributed by atoms with E-state index in [1.54, 1.807) is 0 Å². The zero-order valence-electron chi connectivity index (χ0n) is 23.3. The molecule has 0 N–H and O–H groups in total. The molecule has 1 fully saturated rings. The molecule has 0 radical (unpaired) electrons. The summed E-state index contributed by atoms with van der Waals surface area (Å²) in [7, 11) is 5.47. The van der Waals surface area contributed by atoms with Crippen molar-refractivity contribution in [2.24, 2.45) is 0 Å². The van der Waals surface area contributed by atoms with E-state index in [4.69, 9.17) is 4.84 Å². The van der Waals surface area contributed by atoms with Gasteiger partial charge in [0.1, 0.15) is 33.8 Å². The van der Waals surface area contributed by atoms with E-state index in [0.29, 0.717) is 10.6 Å². The van der Waals surface area contributed by atoms with Crippen LogP contribution < -0.4 is 10.1 Å². The molecule has 40 heavy (non-hydrogen) atoms. The van der Waals surface area contributed by atoms with Gasteiger partial charge in [-0.1, -0.05) is 19.2 Å². The zero-order chi connectivity index (χ0) is 29.1. The van der Waals surface area contributed by atoms with Gasteiger partial charge in [-0.05, 0) is 51.9 Å². The van der Waals surface area contributed by atoms with Crippen molar-refractivity contribution in [3.05, 3.63) is 87.7 Å². The smallest absolute Gasteiger partial charge is 0.364 e. The molecule has 5 rings (SSSR count). The van der Waals surface area contributed by atoms with Crippen LogP contribution in [0.15, 0.2) is 59.3 Å². The average molecular weight is 563 g/mol. The maximum atomic E-state index is 15.9. The van der Waals surface area contributed by atoms with Crippen molar-refractivity contribution in [2.75, 3.05) is 33.1 Å². The summed E-state index contributed by atoms with van der Waals surface area (Å²) in [5, 5.41) is 2.45. The summed E-state index contributed by atoms with van der Waals surface area (Å²) in [5.74, 6) is -4.45. The van der Waals surface area contributed by atoms with Gasteiger partial charge >= 0.3 is 5.97 Å². The van der Waals surface area contributed by atoms with Crippen molar-refractivity contribution in [2.45, 2.75) is 25.9 Å². The maximum Gasteiger partial charge on any atom is 0.364 e. The molecule has 0 unspecified atom stereocenters. The van der Waals surface area contributed by atoms with Gasteiger partial charge in [0.05, 0.1) is 11.1 Å². The van der Waals surface area contributed by atoms with Crippen LogP contribution in [0.2, 0.25) is 13.1 Å². The topological polar surface area (TPSA) is 69.9 Å².